The number of carbonyl (C=O) groups is 2. The molecule has 1 aliphatic rings. The van der Waals surface area contributed by atoms with Crippen molar-refractivity contribution in [2.24, 2.45) is 0 Å². The van der Waals surface area contributed by atoms with E-state index < -0.39 is 11.3 Å². The van der Waals surface area contributed by atoms with E-state index in [1.807, 2.05) is 0 Å². The maximum atomic E-state index is 13.9. The first kappa shape index (κ1) is 22.7. The Bertz CT molecular complexity index is 930. The fraction of sp³-hybridized carbons (Fsp3) is 0.364. The molecule has 0 saturated carbocycles. The largest absolute Gasteiger partial charge is 0.493 e. The van der Waals surface area contributed by atoms with Crippen LogP contribution in [0.3, 0.4) is 0 Å². The fourth-order valence-electron chi connectivity index (χ4n) is 3.30. The monoisotopic (exact) mass is 448 g/mol. The zero-order valence-electron chi connectivity index (χ0n) is 17.6. The van der Waals surface area contributed by atoms with Crippen LogP contribution in [0.25, 0.3) is 0 Å². The quantitative estimate of drug-likeness (QED) is 0.645. The molecule has 1 aliphatic heterocycles. The number of halogens is 1. The van der Waals surface area contributed by atoms with Crippen LogP contribution in [0.2, 0.25) is 0 Å². The lowest BCUT2D eigenvalue weighted by Gasteiger charge is -2.28. The van der Waals surface area contributed by atoms with Crippen molar-refractivity contribution < 1.29 is 28.2 Å². The molecule has 0 aliphatic carbocycles. The Kier molecular flexibility index (Phi) is 7.62. The predicted octanol–water partition coefficient (Wildman–Crippen LogP) is 2.31. The van der Waals surface area contributed by atoms with Crippen LogP contribution in [-0.2, 0) is 22.6 Å². The van der Waals surface area contributed by atoms with E-state index in [1.54, 1.807) is 30.3 Å². The lowest BCUT2D eigenvalue weighted by molar-refractivity contribution is -0.128. The van der Waals surface area contributed by atoms with Crippen LogP contribution in [0.1, 0.15) is 11.1 Å². The van der Waals surface area contributed by atoms with Crippen molar-refractivity contribution in [2.75, 3.05) is 27.1 Å². The van der Waals surface area contributed by atoms with Gasteiger partial charge in [0.15, 0.2) is 11.5 Å². The molecule has 2 aromatic carbocycles. The average Bonchev–Trinajstić information content (AvgIpc) is 2.79. The number of nitrogens with one attached hydrogen (secondary N) is 2. The van der Waals surface area contributed by atoms with Gasteiger partial charge in [0.1, 0.15) is 11.9 Å². The van der Waals surface area contributed by atoms with Gasteiger partial charge >= 0.3 is 0 Å². The molecule has 0 unspecified atom stereocenters. The van der Waals surface area contributed by atoms with Gasteiger partial charge < -0.3 is 24.8 Å². The van der Waals surface area contributed by atoms with Gasteiger partial charge in [-0.2, -0.15) is 0 Å². The van der Waals surface area contributed by atoms with E-state index in [1.165, 1.54) is 39.2 Å². The zero-order chi connectivity index (χ0) is 22.4. The SMILES string of the molecule is COc1cc(CNC(=O)[C@H]2CS[C@H](Cc3ccccc3F)C(=O)N2)cc(OC)c1OC. The van der Waals surface area contributed by atoms with E-state index in [4.69, 9.17) is 14.2 Å². The normalized spacial score (nSPS) is 18.1. The van der Waals surface area contributed by atoms with Crippen LogP contribution in [0.5, 0.6) is 17.2 Å². The molecule has 31 heavy (non-hydrogen) atoms. The minimum absolute atomic E-state index is 0.227. The first-order valence-corrected chi connectivity index (χ1v) is 10.7. The molecule has 2 aromatic rings. The van der Waals surface area contributed by atoms with Gasteiger partial charge in [-0.05, 0) is 35.7 Å². The van der Waals surface area contributed by atoms with Crippen LogP contribution < -0.4 is 24.8 Å². The summed E-state index contributed by atoms with van der Waals surface area (Å²) < 4.78 is 29.8. The summed E-state index contributed by atoms with van der Waals surface area (Å²) in [6, 6.07) is 9.24. The first-order valence-electron chi connectivity index (χ1n) is 9.68. The van der Waals surface area contributed by atoms with Gasteiger partial charge in [0.2, 0.25) is 17.6 Å². The summed E-state index contributed by atoms with van der Waals surface area (Å²) in [5.41, 5.74) is 1.25. The van der Waals surface area contributed by atoms with E-state index in [9.17, 15) is 14.0 Å². The highest BCUT2D eigenvalue weighted by Crippen LogP contribution is 2.38. The lowest BCUT2D eigenvalue weighted by Crippen LogP contribution is -2.54. The van der Waals surface area contributed by atoms with Crippen molar-refractivity contribution in [1.82, 2.24) is 10.6 Å². The Morgan fingerprint density at radius 3 is 2.42 bits per heavy atom. The smallest absolute Gasteiger partial charge is 0.243 e. The summed E-state index contributed by atoms with van der Waals surface area (Å²) in [5, 5.41) is 5.13. The lowest BCUT2D eigenvalue weighted by atomic mass is 10.1. The number of ether oxygens (including phenoxy) is 3. The van der Waals surface area contributed by atoms with Gasteiger partial charge in [-0.15, -0.1) is 11.8 Å². The molecule has 1 heterocycles. The summed E-state index contributed by atoms with van der Waals surface area (Å²) in [6.07, 6.45) is 0.281. The van der Waals surface area contributed by atoms with Gasteiger partial charge in [0.25, 0.3) is 0 Å². The van der Waals surface area contributed by atoms with Crippen molar-refractivity contribution in [3.63, 3.8) is 0 Å². The molecular formula is C22H25FN2O5S. The Hall–Kier alpha value is -2.94. The standard InChI is InChI=1S/C22H25FN2O5S/c1-28-17-8-13(9-18(29-2)20(17)30-3)11-24-21(26)16-12-31-19(22(27)25-16)10-14-6-4-5-7-15(14)23/h4-9,16,19H,10-12H2,1-3H3,(H,24,26)(H,25,27)/t16-,19-/m1/s1. The molecule has 1 fully saturated rings. The predicted molar refractivity (Wildman–Crippen MR) is 116 cm³/mol. The van der Waals surface area contributed by atoms with Crippen molar-refractivity contribution in [1.29, 1.82) is 0 Å². The number of benzene rings is 2. The molecule has 166 valence electrons. The zero-order valence-corrected chi connectivity index (χ0v) is 18.4. The van der Waals surface area contributed by atoms with Gasteiger partial charge in [0.05, 0.1) is 26.6 Å². The molecule has 3 rings (SSSR count). The van der Waals surface area contributed by atoms with E-state index in [0.717, 1.165) is 5.56 Å². The number of rotatable bonds is 8. The van der Waals surface area contributed by atoms with Crippen LogP contribution in [-0.4, -0.2) is 50.2 Å². The van der Waals surface area contributed by atoms with Crippen LogP contribution in [0.15, 0.2) is 36.4 Å². The third-order valence-electron chi connectivity index (χ3n) is 4.94. The molecule has 0 aromatic heterocycles. The van der Waals surface area contributed by atoms with Crippen LogP contribution >= 0.6 is 11.8 Å². The van der Waals surface area contributed by atoms with Gasteiger partial charge in [-0.1, -0.05) is 18.2 Å². The number of methoxy groups -OCH3 is 3. The topological polar surface area (TPSA) is 85.9 Å². The third kappa shape index (κ3) is 5.41. The van der Waals surface area contributed by atoms with Crippen molar-refractivity contribution in [3.8, 4) is 17.2 Å². The van der Waals surface area contributed by atoms with Crippen molar-refractivity contribution in [2.45, 2.75) is 24.3 Å². The van der Waals surface area contributed by atoms with Crippen molar-refractivity contribution >= 4 is 23.6 Å². The van der Waals surface area contributed by atoms with E-state index in [0.29, 0.717) is 28.6 Å². The Morgan fingerprint density at radius 2 is 1.84 bits per heavy atom. The molecule has 0 bridgehead atoms. The number of amides is 2. The van der Waals surface area contributed by atoms with Gasteiger partial charge in [-0.25, -0.2) is 4.39 Å². The van der Waals surface area contributed by atoms with Crippen molar-refractivity contribution in [3.05, 3.63) is 53.3 Å². The second-order valence-electron chi connectivity index (χ2n) is 6.93. The Balaban J connectivity index is 1.58. The highest BCUT2D eigenvalue weighted by molar-refractivity contribution is 8.00. The van der Waals surface area contributed by atoms with E-state index >= 15 is 0 Å². The average molecular weight is 449 g/mol. The minimum atomic E-state index is -0.656. The maximum absolute atomic E-state index is 13.9. The second-order valence-corrected chi connectivity index (χ2v) is 8.17. The molecule has 2 amide bonds. The van der Waals surface area contributed by atoms with Crippen LogP contribution in [0, 0.1) is 5.82 Å². The number of hydrogen-bond donors (Lipinski definition) is 2. The molecule has 9 heteroatoms. The Labute approximate surface area is 184 Å². The minimum Gasteiger partial charge on any atom is -0.493 e. The molecule has 2 N–H and O–H groups in total. The third-order valence-corrected chi connectivity index (χ3v) is 6.25. The highest BCUT2D eigenvalue weighted by Gasteiger charge is 2.32. The molecule has 0 radical (unpaired) electrons. The maximum Gasteiger partial charge on any atom is 0.243 e. The van der Waals surface area contributed by atoms with E-state index in [2.05, 4.69) is 10.6 Å². The molecule has 0 spiro atoms. The molecule has 1 saturated heterocycles. The molecule has 7 nitrogen and oxygen atoms in total. The van der Waals surface area contributed by atoms with Gasteiger partial charge in [0, 0.05) is 12.3 Å². The second kappa shape index (κ2) is 10.4. The van der Waals surface area contributed by atoms with E-state index in [-0.39, 0.29) is 30.6 Å². The Morgan fingerprint density at radius 1 is 1.16 bits per heavy atom. The number of hydrogen-bond acceptors (Lipinski definition) is 6. The molecular weight excluding hydrogens is 423 g/mol. The highest BCUT2D eigenvalue weighted by atomic mass is 32.2. The summed E-state index contributed by atoms with van der Waals surface area (Å²) in [5.74, 6) is 0.961. The summed E-state index contributed by atoms with van der Waals surface area (Å²) in [6.45, 7) is 0.227. The number of thioether (sulfide) groups is 1. The van der Waals surface area contributed by atoms with Gasteiger partial charge in [-0.3, -0.25) is 9.59 Å². The van der Waals surface area contributed by atoms with Crippen LogP contribution in [0.4, 0.5) is 4.39 Å². The molecule has 2 atom stereocenters. The first-order chi connectivity index (χ1) is 15.0. The summed E-state index contributed by atoms with van der Waals surface area (Å²) in [4.78, 5) is 25.0. The number of carbonyl (C=O) groups excluding carboxylic acids is 2. The fourth-order valence-corrected chi connectivity index (χ4v) is 4.48. The summed E-state index contributed by atoms with van der Waals surface area (Å²) >= 11 is 1.35. The summed E-state index contributed by atoms with van der Waals surface area (Å²) in [7, 11) is 4.56.